The molecular formula is C17H21FN2O4. The molecule has 24 heavy (non-hydrogen) atoms. The number of carbonyl (C=O) groups is 2. The molecule has 7 heteroatoms. The summed E-state index contributed by atoms with van der Waals surface area (Å²) < 4.78 is 24.6. The van der Waals surface area contributed by atoms with E-state index < -0.39 is 17.9 Å². The van der Waals surface area contributed by atoms with Crippen molar-refractivity contribution in [3.05, 3.63) is 23.5 Å². The number of amides is 2. The molecule has 2 fully saturated rings. The number of rotatable bonds is 4. The summed E-state index contributed by atoms with van der Waals surface area (Å²) in [4.78, 5) is 28.3. The Balaban J connectivity index is 1.90. The highest BCUT2D eigenvalue weighted by atomic mass is 19.1. The number of ether oxygens (including phenoxy) is 2. The molecule has 130 valence electrons. The van der Waals surface area contributed by atoms with Crippen LogP contribution in [0.3, 0.4) is 0 Å². The Kier molecular flexibility index (Phi) is 4.34. The van der Waals surface area contributed by atoms with E-state index in [1.165, 1.54) is 31.3 Å². The van der Waals surface area contributed by atoms with Gasteiger partial charge in [0, 0.05) is 24.7 Å². The van der Waals surface area contributed by atoms with Crippen molar-refractivity contribution in [3.63, 3.8) is 0 Å². The van der Waals surface area contributed by atoms with E-state index in [0.29, 0.717) is 24.3 Å². The summed E-state index contributed by atoms with van der Waals surface area (Å²) in [6.45, 7) is 2.34. The first-order valence-corrected chi connectivity index (χ1v) is 7.99. The summed E-state index contributed by atoms with van der Waals surface area (Å²) in [6.07, 6.45) is 1.50. The second kappa shape index (κ2) is 6.30. The van der Waals surface area contributed by atoms with Crippen molar-refractivity contribution in [1.29, 1.82) is 0 Å². The normalized spacial score (nSPS) is 23.5. The lowest BCUT2D eigenvalue weighted by molar-refractivity contribution is -0.159. The maximum absolute atomic E-state index is 14.4. The Morgan fingerprint density at radius 1 is 1.17 bits per heavy atom. The molecule has 0 aliphatic carbocycles. The number of nitrogens with zero attached hydrogens (tertiary/aromatic N) is 2. The average Bonchev–Trinajstić information content (AvgIpc) is 3.07. The molecule has 0 aromatic heterocycles. The highest BCUT2D eigenvalue weighted by Crippen LogP contribution is 2.32. The number of piperazine rings is 1. The first-order chi connectivity index (χ1) is 11.5. The van der Waals surface area contributed by atoms with Crippen molar-refractivity contribution in [1.82, 2.24) is 9.80 Å². The molecular weight excluding hydrogens is 315 g/mol. The van der Waals surface area contributed by atoms with Gasteiger partial charge < -0.3 is 19.3 Å². The van der Waals surface area contributed by atoms with Gasteiger partial charge in [0.15, 0.2) is 11.5 Å². The maximum Gasteiger partial charge on any atom is 0.246 e. The third kappa shape index (κ3) is 2.57. The van der Waals surface area contributed by atoms with Gasteiger partial charge in [0.05, 0.1) is 14.2 Å². The molecule has 2 aliphatic heterocycles. The molecule has 0 unspecified atom stereocenters. The van der Waals surface area contributed by atoms with Crippen LogP contribution in [0.25, 0.3) is 0 Å². The topological polar surface area (TPSA) is 59.1 Å². The second-order valence-corrected chi connectivity index (χ2v) is 6.13. The molecule has 0 radical (unpaired) electrons. The zero-order valence-corrected chi connectivity index (χ0v) is 14.0. The van der Waals surface area contributed by atoms with E-state index in [2.05, 4.69) is 0 Å². The number of hydrogen-bond acceptors (Lipinski definition) is 4. The van der Waals surface area contributed by atoms with Crippen LogP contribution >= 0.6 is 0 Å². The molecule has 2 atom stereocenters. The van der Waals surface area contributed by atoms with Gasteiger partial charge in [-0.1, -0.05) is 0 Å². The van der Waals surface area contributed by atoms with Gasteiger partial charge in [0.1, 0.15) is 17.9 Å². The minimum Gasteiger partial charge on any atom is -0.493 e. The lowest BCUT2D eigenvalue weighted by Gasteiger charge is -2.41. The van der Waals surface area contributed by atoms with Crippen LogP contribution in [0.15, 0.2) is 12.1 Å². The van der Waals surface area contributed by atoms with Crippen molar-refractivity contribution in [2.45, 2.75) is 38.4 Å². The van der Waals surface area contributed by atoms with Crippen molar-refractivity contribution in [3.8, 4) is 11.5 Å². The summed E-state index contributed by atoms with van der Waals surface area (Å²) in [7, 11) is 2.90. The first-order valence-electron chi connectivity index (χ1n) is 7.99. The fraction of sp³-hybridized carbons (Fsp3) is 0.529. The number of halogens is 1. The number of fused-ring (bicyclic) bond motifs is 1. The van der Waals surface area contributed by atoms with Crippen molar-refractivity contribution in [2.24, 2.45) is 0 Å². The van der Waals surface area contributed by atoms with Crippen LogP contribution in [-0.4, -0.2) is 54.5 Å². The Morgan fingerprint density at radius 3 is 2.50 bits per heavy atom. The van der Waals surface area contributed by atoms with Crippen LogP contribution in [0.1, 0.15) is 25.3 Å². The van der Waals surface area contributed by atoms with Crippen LogP contribution < -0.4 is 9.47 Å². The molecule has 2 saturated heterocycles. The predicted molar refractivity (Wildman–Crippen MR) is 84.3 cm³/mol. The fourth-order valence-electron chi connectivity index (χ4n) is 3.46. The van der Waals surface area contributed by atoms with Crippen LogP contribution in [0, 0.1) is 5.82 Å². The van der Waals surface area contributed by atoms with Gasteiger partial charge >= 0.3 is 0 Å². The average molecular weight is 336 g/mol. The summed E-state index contributed by atoms with van der Waals surface area (Å²) in [6, 6.07) is 1.74. The van der Waals surface area contributed by atoms with Crippen molar-refractivity contribution < 1.29 is 23.5 Å². The molecule has 1 aromatic rings. The molecule has 0 N–H and O–H groups in total. The van der Waals surface area contributed by atoms with Crippen LogP contribution in [0.2, 0.25) is 0 Å². The lowest BCUT2D eigenvalue weighted by atomic mass is 10.0. The van der Waals surface area contributed by atoms with Gasteiger partial charge in [0.25, 0.3) is 0 Å². The molecule has 2 heterocycles. The SMILES string of the molecule is COc1cc(F)c(CN2C(=O)[C@@H]3CCCN3C(=O)[C@@H]2C)cc1OC. The Hall–Kier alpha value is -2.31. The van der Waals surface area contributed by atoms with Gasteiger partial charge in [0.2, 0.25) is 11.8 Å². The Labute approximate surface area is 140 Å². The summed E-state index contributed by atoms with van der Waals surface area (Å²) in [5.74, 6) is -0.00429. The van der Waals surface area contributed by atoms with Crippen molar-refractivity contribution in [2.75, 3.05) is 20.8 Å². The highest BCUT2D eigenvalue weighted by Gasteiger charge is 2.46. The van der Waals surface area contributed by atoms with Crippen LogP contribution in [0.5, 0.6) is 11.5 Å². The van der Waals surface area contributed by atoms with E-state index in [0.717, 1.165) is 6.42 Å². The van der Waals surface area contributed by atoms with E-state index in [1.807, 2.05) is 0 Å². The predicted octanol–water partition coefficient (Wildman–Crippen LogP) is 1.56. The number of benzene rings is 1. The number of carbonyl (C=O) groups excluding carboxylic acids is 2. The fourth-order valence-corrected chi connectivity index (χ4v) is 3.46. The van der Waals surface area contributed by atoms with Gasteiger partial charge in [-0.25, -0.2) is 4.39 Å². The maximum atomic E-state index is 14.4. The minimum atomic E-state index is -0.598. The van der Waals surface area contributed by atoms with E-state index in [9.17, 15) is 14.0 Å². The van der Waals surface area contributed by atoms with E-state index >= 15 is 0 Å². The first kappa shape index (κ1) is 16.5. The summed E-state index contributed by atoms with van der Waals surface area (Å²) in [5, 5.41) is 0. The smallest absolute Gasteiger partial charge is 0.246 e. The van der Waals surface area contributed by atoms with Gasteiger partial charge in [-0.3, -0.25) is 9.59 Å². The largest absolute Gasteiger partial charge is 0.493 e. The minimum absolute atomic E-state index is 0.0300. The molecule has 3 rings (SSSR count). The van der Waals surface area contributed by atoms with Crippen LogP contribution in [0.4, 0.5) is 4.39 Å². The highest BCUT2D eigenvalue weighted by molar-refractivity contribution is 5.97. The molecule has 0 saturated carbocycles. The third-order valence-corrected chi connectivity index (χ3v) is 4.82. The van der Waals surface area contributed by atoms with Crippen LogP contribution in [-0.2, 0) is 16.1 Å². The Morgan fingerprint density at radius 2 is 1.83 bits per heavy atom. The Bertz CT molecular complexity index is 679. The molecule has 1 aromatic carbocycles. The zero-order valence-electron chi connectivity index (χ0n) is 14.0. The lowest BCUT2D eigenvalue weighted by Crippen LogP contribution is -2.61. The van der Waals surface area contributed by atoms with E-state index in [-0.39, 0.29) is 24.1 Å². The van der Waals surface area contributed by atoms with Gasteiger partial charge in [-0.2, -0.15) is 0 Å². The third-order valence-electron chi connectivity index (χ3n) is 4.82. The summed E-state index contributed by atoms with van der Waals surface area (Å²) in [5.41, 5.74) is 0.298. The summed E-state index contributed by atoms with van der Waals surface area (Å²) >= 11 is 0. The monoisotopic (exact) mass is 336 g/mol. The quantitative estimate of drug-likeness (QED) is 0.837. The molecule has 2 amide bonds. The molecule has 0 spiro atoms. The second-order valence-electron chi connectivity index (χ2n) is 6.13. The standard InChI is InChI=1S/C17H21FN2O4/c1-10-16(21)19-6-4-5-13(19)17(22)20(10)9-11-7-14(23-2)15(24-3)8-12(11)18/h7-8,10,13H,4-6,9H2,1-3H3/t10-,13-/m0/s1. The number of hydrogen-bond donors (Lipinski definition) is 0. The van der Waals surface area contributed by atoms with Gasteiger partial charge in [-0.05, 0) is 25.8 Å². The molecule has 6 nitrogen and oxygen atoms in total. The molecule has 2 aliphatic rings. The van der Waals surface area contributed by atoms with Crippen molar-refractivity contribution >= 4 is 11.8 Å². The van der Waals surface area contributed by atoms with Gasteiger partial charge in [-0.15, -0.1) is 0 Å². The van der Waals surface area contributed by atoms with E-state index in [1.54, 1.807) is 11.8 Å². The molecule has 0 bridgehead atoms. The van der Waals surface area contributed by atoms with E-state index in [4.69, 9.17) is 9.47 Å². The zero-order chi connectivity index (χ0) is 17.4. The number of methoxy groups -OCH3 is 2.